The van der Waals surface area contributed by atoms with Crippen molar-refractivity contribution < 1.29 is 9.53 Å². The molecule has 4 nitrogen and oxygen atoms in total. The van der Waals surface area contributed by atoms with Gasteiger partial charge in [0.2, 0.25) is 0 Å². The van der Waals surface area contributed by atoms with Crippen LogP contribution >= 0.6 is 15.9 Å². The molecule has 1 aromatic carbocycles. The van der Waals surface area contributed by atoms with E-state index >= 15 is 0 Å². The highest BCUT2D eigenvalue weighted by Gasteiger charge is 2.42. The summed E-state index contributed by atoms with van der Waals surface area (Å²) in [5, 5.41) is 3.12. The van der Waals surface area contributed by atoms with E-state index < -0.39 is 0 Å². The molecular weight excluding hydrogens is 332 g/mol. The maximum absolute atomic E-state index is 12.3. The van der Waals surface area contributed by atoms with Crippen molar-refractivity contribution in [3.8, 4) is 0 Å². The molecular formula is C16H21BrN2O2. The molecule has 1 aliphatic carbocycles. The summed E-state index contributed by atoms with van der Waals surface area (Å²) < 4.78 is 6.37. The van der Waals surface area contributed by atoms with Crippen LogP contribution in [0.2, 0.25) is 0 Å². The van der Waals surface area contributed by atoms with Gasteiger partial charge < -0.3 is 10.1 Å². The summed E-state index contributed by atoms with van der Waals surface area (Å²) in [4.78, 5) is 14.8. The Bertz CT molecular complexity index is 511. The fraction of sp³-hybridized carbons (Fsp3) is 0.562. The van der Waals surface area contributed by atoms with Crippen molar-refractivity contribution in [1.29, 1.82) is 0 Å². The van der Waals surface area contributed by atoms with Gasteiger partial charge in [-0.25, -0.2) is 0 Å². The normalized spacial score (nSPS) is 21.6. The van der Waals surface area contributed by atoms with E-state index in [2.05, 4.69) is 26.1 Å². The van der Waals surface area contributed by atoms with Crippen LogP contribution in [0.15, 0.2) is 28.7 Å². The van der Waals surface area contributed by atoms with Crippen molar-refractivity contribution in [2.75, 3.05) is 32.8 Å². The van der Waals surface area contributed by atoms with E-state index in [9.17, 15) is 4.79 Å². The summed E-state index contributed by atoms with van der Waals surface area (Å²) in [6, 6.07) is 7.53. The van der Waals surface area contributed by atoms with Crippen LogP contribution in [0.1, 0.15) is 29.6 Å². The number of ether oxygens (including phenoxy) is 1. The van der Waals surface area contributed by atoms with Crippen molar-refractivity contribution in [3.05, 3.63) is 34.3 Å². The Labute approximate surface area is 134 Å². The highest BCUT2D eigenvalue weighted by atomic mass is 79.9. The molecule has 0 bridgehead atoms. The number of carbonyl (C=O) groups is 1. The largest absolute Gasteiger partial charge is 0.379 e. The molecule has 1 saturated carbocycles. The minimum Gasteiger partial charge on any atom is -0.379 e. The van der Waals surface area contributed by atoms with Crippen LogP contribution in [0.25, 0.3) is 0 Å². The van der Waals surface area contributed by atoms with Gasteiger partial charge in [0, 0.05) is 35.2 Å². The second kappa shape index (κ2) is 6.46. The molecule has 114 valence electrons. The average Bonchev–Trinajstić information content (AvgIpc) is 2.47. The van der Waals surface area contributed by atoms with Crippen LogP contribution in [0.3, 0.4) is 0 Å². The third-order valence-corrected chi connectivity index (χ3v) is 5.12. The zero-order chi connectivity index (χ0) is 14.7. The fourth-order valence-electron chi connectivity index (χ4n) is 3.20. The number of nitrogens with zero attached hydrogens (tertiary/aromatic N) is 1. The molecule has 3 rings (SSSR count). The van der Waals surface area contributed by atoms with Crippen molar-refractivity contribution in [2.24, 2.45) is 0 Å². The number of benzene rings is 1. The van der Waals surface area contributed by atoms with Crippen LogP contribution in [0.5, 0.6) is 0 Å². The molecule has 1 amide bonds. The number of carbonyl (C=O) groups excluding carboxylic acids is 1. The van der Waals surface area contributed by atoms with Gasteiger partial charge in [-0.2, -0.15) is 0 Å². The molecule has 1 aromatic rings. The molecule has 0 unspecified atom stereocenters. The number of hydrogen-bond donors (Lipinski definition) is 1. The average molecular weight is 353 g/mol. The van der Waals surface area contributed by atoms with Gasteiger partial charge in [-0.1, -0.05) is 22.0 Å². The lowest BCUT2D eigenvalue weighted by atomic mass is 9.75. The Morgan fingerprint density at radius 1 is 1.33 bits per heavy atom. The molecule has 0 spiro atoms. The minimum absolute atomic E-state index is 0.0100. The first kappa shape index (κ1) is 15.0. The number of morpholine rings is 1. The molecule has 0 radical (unpaired) electrons. The first-order chi connectivity index (χ1) is 10.2. The second-order valence-corrected chi connectivity index (χ2v) is 6.79. The van der Waals surface area contributed by atoms with E-state index in [1.54, 1.807) is 0 Å². The van der Waals surface area contributed by atoms with E-state index in [1.807, 2.05) is 24.3 Å². The van der Waals surface area contributed by atoms with Gasteiger partial charge in [0.1, 0.15) is 0 Å². The predicted molar refractivity (Wildman–Crippen MR) is 85.4 cm³/mol. The predicted octanol–water partition coefficient (Wildman–Crippen LogP) is 2.43. The Morgan fingerprint density at radius 2 is 2.10 bits per heavy atom. The summed E-state index contributed by atoms with van der Waals surface area (Å²) in [7, 11) is 0. The highest BCUT2D eigenvalue weighted by Crippen LogP contribution is 2.37. The smallest absolute Gasteiger partial charge is 0.251 e. The van der Waals surface area contributed by atoms with Crippen LogP contribution in [0, 0.1) is 0 Å². The van der Waals surface area contributed by atoms with Gasteiger partial charge in [0.05, 0.1) is 13.2 Å². The van der Waals surface area contributed by atoms with Gasteiger partial charge in [0.25, 0.3) is 5.91 Å². The highest BCUT2D eigenvalue weighted by molar-refractivity contribution is 9.10. The number of rotatable bonds is 4. The van der Waals surface area contributed by atoms with E-state index in [0.717, 1.165) is 37.3 Å². The van der Waals surface area contributed by atoms with Crippen molar-refractivity contribution in [2.45, 2.75) is 24.8 Å². The first-order valence-corrected chi connectivity index (χ1v) is 8.36. The maximum atomic E-state index is 12.3. The molecule has 5 heteroatoms. The number of amides is 1. The third kappa shape index (κ3) is 3.30. The van der Waals surface area contributed by atoms with Gasteiger partial charge in [-0.15, -0.1) is 0 Å². The van der Waals surface area contributed by atoms with Crippen LogP contribution in [-0.2, 0) is 4.74 Å². The fourth-order valence-corrected chi connectivity index (χ4v) is 3.60. The lowest BCUT2D eigenvalue weighted by Crippen LogP contribution is -2.62. The molecule has 1 aliphatic heterocycles. The molecule has 1 N–H and O–H groups in total. The number of nitrogens with one attached hydrogen (secondary N) is 1. The zero-order valence-electron chi connectivity index (χ0n) is 12.1. The lowest BCUT2D eigenvalue weighted by molar-refractivity contribution is -0.0540. The zero-order valence-corrected chi connectivity index (χ0v) is 13.7. The van der Waals surface area contributed by atoms with Crippen molar-refractivity contribution in [3.63, 3.8) is 0 Å². The molecule has 0 atom stereocenters. The summed E-state index contributed by atoms with van der Waals surface area (Å²) in [5.41, 5.74) is 0.867. The summed E-state index contributed by atoms with van der Waals surface area (Å²) in [6.45, 7) is 4.31. The van der Waals surface area contributed by atoms with E-state index in [-0.39, 0.29) is 11.4 Å². The standard InChI is InChI=1S/C16H21BrN2O2/c17-14-4-1-3-13(11-14)15(20)18-12-16(5-2-6-16)19-7-9-21-10-8-19/h1,3-4,11H,2,5-10,12H2,(H,18,20). The van der Waals surface area contributed by atoms with Crippen LogP contribution in [-0.4, -0.2) is 49.2 Å². The Hall–Kier alpha value is -0.910. The second-order valence-electron chi connectivity index (χ2n) is 5.87. The maximum Gasteiger partial charge on any atom is 0.251 e. The van der Waals surface area contributed by atoms with Gasteiger partial charge in [-0.3, -0.25) is 9.69 Å². The first-order valence-electron chi connectivity index (χ1n) is 7.56. The van der Waals surface area contributed by atoms with E-state index in [1.165, 1.54) is 19.3 Å². The van der Waals surface area contributed by atoms with Crippen molar-refractivity contribution >= 4 is 21.8 Å². The quantitative estimate of drug-likeness (QED) is 0.904. The topological polar surface area (TPSA) is 41.6 Å². The summed E-state index contributed by atoms with van der Waals surface area (Å²) in [5.74, 6) is 0.0100. The SMILES string of the molecule is O=C(NCC1(N2CCOCC2)CCC1)c1cccc(Br)c1. The van der Waals surface area contributed by atoms with Crippen LogP contribution < -0.4 is 5.32 Å². The third-order valence-electron chi connectivity index (χ3n) is 4.63. The summed E-state index contributed by atoms with van der Waals surface area (Å²) >= 11 is 3.41. The van der Waals surface area contributed by atoms with Gasteiger partial charge in [0.15, 0.2) is 0 Å². The Morgan fingerprint density at radius 3 is 2.71 bits per heavy atom. The summed E-state index contributed by atoms with van der Waals surface area (Å²) in [6.07, 6.45) is 3.60. The molecule has 2 aliphatic rings. The minimum atomic E-state index is 0.0100. The molecule has 1 heterocycles. The number of halogens is 1. The van der Waals surface area contributed by atoms with E-state index in [4.69, 9.17) is 4.74 Å². The van der Waals surface area contributed by atoms with E-state index in [0.29, 0.717) is 5.56 Å². The molecule has 0 aromatic heterocycles. The van der Waals surface area contributed by atoms with Gasteiger partial charge >= 0.3 is 0 Å². The lowest BCUT2D eigenvalue weighted by Gasteiger charge is -2.51. The Balaban J connectivity index is 1.61. The molecule has 21 heavy (non-hydrogen) atoms. The molecule has 2 fully saturated rings. The Kier molecular flexibility index (Phi) is 4.62. The van der Waals surface area contributed by atoms with Gasteiger partial charge in [-0.05, 0) is 37.5 Å². The molecule has 1 saturated heterocycles. The monoisotopic (exact) mass is 352 g/mol. The van der Waals surface area contributed by atoms with Crippen LogP contribution in [0.4, 0.5) is 0 Å². The number of hydrogen-bond acceptors (Lipinski definition) is 3. The van der Waals surface area contributed by atoms with Crippen molar-refractivity contribution in [1.82, 2.24) is 10.2 Å².